The molecular formula is C28H27FI2N4O3. The van der Waals surface area contributed by atoms with Gasteiger partial charge in [-0.2, -0.15) is 0 Å². The minimum Gasteiger partial charge on any atom is -0.495 e. The Morgan fingerprint density at radius 2 is 1.58 bits per heavy atom. The van der Waals surface area contributed by atoms with E-state index in [9.17, 15) is 9.59 Å². The smallest absolute Gasteiger partial charge is 0.258 e. The van der Waals surface area contributed by atoms with Crippen LogP contribution in [0.3, 0.4) is 0 Å². The molecule has 198 valence electrons. The fourth-order valence-electron chi connectivity index (χ4n) is 4.24. The van der Waals surface area contributed by atoms with Crippen LogP contribution in [0.5, 0.6) is 5.75 Å². The molecule has 1 saturated heterocycles. The summed E-state index contributed by atoms with van der Waals surface area (Å²) in [6, 6.07) is 15.1. The van der Waals surface area contributed by atoms with Crippen LogP contribution in [0.4, 0.5) is 15.8 Å². The Morgan fingerprint density at radius 1 is 0.921 bits per heavy atom. The van der Waals surface area contributed by atoms with Gasteiger partial charge >= 0.3 is 0 Å². The van der Waals surface area contributed by atoms with Gasteiger partial charge < -0.3 is 20.3 Å². The van der Waals surface area contributed by atoms with E-state index in [2.05, 4.69) is 55.8 Å². The van der Waals surface area contributed by atoms with E-state index in [1.807, 2.05) is 29.2 Å². The molecule has 38 heavy (non-hydrogen) atoms. The maximum Gasteiger partial charge on any atom is 0.258 e. The van der Waals surface area contributed by atoms with Crippen LogP contribution in [0, 0.1) is 11.2 Å². The fourth-order valence-corrected chi connectivity index (χ4v) is 5.19. The molecule has 0 spiro atoms. The number of likely N-dealkylation sites (tertiary alicyclic amines) is 1. The number of methoxy groups -OCH3 is 1. The SMILES string of the molecule is COc1cc(CI)cc(C(=O)Nc2ccc(CI)cc2)c1NC(=O)c1ccc(C(=N)N2CCCC2)cc1F. The number of amidine groups is 1. The molecule has 3 aromatic rings. The molecule has 1 heterocycles. The number of hydrogen-bond donors (Lipinski definition) is 3. The van der Waals surface area contributed by atoms with Crippen LogP contribution in [0.1, 0.15) is 50.2 Å². The molecule has 0 saturated carbocycles. The number of hydrogen-bond acceptors (Lipinski definition) is 4. The minimum absolute atomic E-state index is 0.153. The number of benzene rings is 3. The summed E-state index contributed by atoms with van der Waals surface area (Å²) in [6.45, 7) is 1.53. The summed E-state index contributed by atoms with van der Waals surface area (Å²) in [5.41, 5.74) is 3.16. The monoisotopic (exact) mass is 740 g/mol. The molecular weight excluding hydrogens is 713 g/mol. The van der Waals surface area contributed by atoms with Crippen LogP contribution in [-0.4, -0.2) is 42.7 Å². The van der Waals surface area contributed by atoms with Gasteiger partial charge in [-0.05, 0) is 60.4 Å². The quantitative estimate of drug-likeness (QED) is 0.105. The van der Waals surface area contributed by atoms with Gasteiger partial charge in [0.05, 0.1) is 23.9 Å². The minimum atomic E-state index is -0.742. The summed E-state index contributed by atoms with van der Waals surface area (Å²) < 4.78 is 22.1. The Hall–Kier alpha value is -2.74. The third-order valence-corrected chi connectivity index (χ3v) is 8.06. The predicted octanol–water partition coefficient (Wildman–Crippen LogP) is 6.63. The van der Waals surface area contributed by atoms with Gasteiger partial charge in [0.1, 0.15) is 17.4 Å². The summed E-state index contributed by atoms with van der Waals surface area (Å²) in [7, 11) is 1.45. The molecule has 3 aromatic carbocycles. The second-order valence-corrected chi connectivity index (χ2v) is 10.4. The lowest BCUT2D eigenvalue weighted by Crippen LogP contribution is -2.28. The van der Waals surface area contributed by atoms with E-state index in [1.165, 1.54) is 19.2 Å². The summed E-state index contributed by atoms with van der Waals surface area (Å²) >= 11 is 4.45. The highest BCUT2D eigenvalue weighted by molar-refractivity contribution is 14.1. The molecule has 0 atom stereocenters. The second-order valence-electron chi connectivity index (χ2n) is 8.83. The van der Waals surface area contributed by atoms with Gasteiger partial charge in [0, 0.05) is 33.2 Å². The lowest BCUT2D eigenvalue weighted by atomic mass is 10.1. The Labute approximate surface area is 248 Å². The van der Waals surface area contributed by atoms with Crippen molar-refractivity contribution in [3.63, 3.8) is 0 Å². The highest BCUT2D eigenvalue weighted by atomic mass is 127. The van der Waals surface area contributed by atoms with Crippen molar-refractivity contribution in [1.29, 1.82) is 5.41 Å². The molecule has 7 nitrogen and oxygen atoms in total. The number of alkyl halides is 2. The number of nitrogens with zero attached hydrogens (tertiary/aromatic N) is 1. The van der Waals surface area contributed by atoms with Crippen molar-refractivity contribution in [2.24, 2.45) is 0 Å². The number of halogens is 3. The number of carbonyl (C=O) groups excluding carboxylic acids is 2. The summed E-state index contributed by atoms with van der Waals surface area (Å²) in [5, 5.41) is 13.9. The molecule has 1 fully saturated rings. The normalized spacial score (nSPS) is 12.8. The fraction of sp³-hybridized carbons (Fsp3) is 0.250. The molecule has 2 amide bonds. The van der Waals surface area contributed by atoms with Crippen molar-refractivity contribution < 1.29 is 18.7 Å². The van der Waals surface area contributed by atoms with Crippen LogP contribution < -0.4 is 15.4 Å². The van der Waals surface area contributed by atoms with E-state index in [-0.39, 0.29) is 22.6 Å². The average molecular weight is 740 g/mol. The Kier molecular flexibility index (Phi) is 9.58. The van der Waals surface area contributed by atoms with Crippen LogP contribution >= 0.6 is 45.2 Å². The van der Waals surface area contributed by atoms with Crippen LogP contribution in [-0.2, 0) is 8.86 Å². The maximum atomic E-state index is 15.1. The van der Waals surface area contributed by atoms with Gasteiger partial charge in [0.25, 0.3) is 11.8 Å². The standard InChI is InChI=1S/C28H27FI2N4O3/c1-38-24-13-18(16-31)12-22(28(37)33-20-7-4-17(15-30)5-8-20)25(24)34-27(36)21-9-6-19(14-23(21)29)26(32)35-10-2-3-11-35/h4-9,12-14,32H,2-3,10-11,15-16H2,1H3,(H,33,37)(H,34,36). The molecule has 3 N–H and O–H groups in total. The van der Waals surface area contributed by atoms with Crippen molar-refractivity contribution in [1.82, 2.24) is 4.90 Å². The number of carbonyl (C=O) groups is 2. The first-order chi connectivity index (χ1) is 18.3. The largest absolute Gasteiger partial charge is 0.495 e. The van der Waals surface area contributed by atoms with Crippen molar-refractivity contribution in [2.45, 2.75) is 21.7 Å². The zero-order valence-corrected chi connectivity index (χ0v) is 25.1. The second kappa shape index (κ2) is 12.9. The molecule has 4 rings (SSSR count). The van der Waals surface area contributed by atoms with Crippen molar-refractivity contribution >= 4 is 74.2 Å². The number of rotatable bonds is 8. The van der Waals surface area contributed by atoms with E-state index in [4.69, 9.17) is 10.1 Å². The summed E-state index contributed by atoms with van der Waals surface area (Å²) in [5.74, 6) is -1.35. The topological polar surface area (TPSA) is 94.5 Å². The first kappa shape index (κ1) is 28.3. The van der Waals surface area contributed by atoms with Crippen LogP contribution in [0.2, 0.25) is 0 Å². The van der Waals surface area contributed by atoms with Gasteiger partial charge in [0.15, 0.2) is 0 Å². The van der Waals surface area contributed by atoms with Crippen LogP contribution in [0.25, 0.3) is 0 Å². The molecule has 0 radical (unpaired) electrons. The highest BCUT2D eigenvalue weighted by Gasteiger charge is 2.23. The number of anilines is 2. The van der Waals surface area contributed by atoms with E-state index in [0.29, 0.717) is 21.4 Å². The third-order valence-electron chi connectivity index (χ3n) is 6.29. The van der Waals surface area contributed by atoms with Gasteiger partial charge in [-0.1, -0.05) is 63.4 Å². The first-order valence-electron chi connectivity index (χ1n) is 12.0. The molecule has 0 bridgehead atoms. The average Bonchev–Trinajstić information content (AvgIpc) is 3.48. The zero-order chi connectivity index (χ0) is 27.2. The van der Waals surface area contributed by atoms with Crippen molar-refractivity contribution in [3.8, 4) is 5.75 Å². The first-order valence-corrected chi connectivity index (χ1v) is 15.1. The predicted molar refractivity (Wildman–Crippen MR) is 165 cm³/mol. The van der Waals surface area contributed by atoms with Crippen molar-refractivity contribution in [3.05, 3.63) is 88.2 Å². The van der Waals surface area contributed by atoms with Crippen molar-refractivity contribution in [2.75, 3.05) is 30.8 Å². The number of nitrogens with one attached hydrogen (secondary N) is 3. The van der Waals surface area contributed by atoms with Crippen LogP contribution in [0.15, 0.2) is 54.6 Å². The van der Waals surface area contributed by atoms with Gasteiger partial charge in [-0.25, -0.2) is 4.39 Å². The lowest BCUT2D eigenvalue weighted by Gasteiger charge is -2.19. The number of ether oxygens (including phenoxy) is 1. The molecule has 1 aliphatic rings. The zero-order valence-electron chi connectivity index (χ0n) is 20.7. The van der Waals surface area contributed by atoms with E-state index >= 15 is 4.39 Å². The summed E-state index contributed by atoms with van der Waals surface area (Å²) in [6.07, 6.45) is 2.01. The molecule has 10 heteroatoms. The Balaban J connectivity index is 1.62. The summed E-state index contributed by atoms with van der Waals surface area (Å²) in [4.78, 5) is 28.4. The third kappa shape index (κ3) is 6.45. The maximum absolute atomic E-state index is 15.1. The van der Waals surface area contributed by atoms with Gasteiger partial charge in [-0.15, -0.1) is 0 Å². The number of amides is 2. The Morgan fingerprint density at radius 3 is 2.18 bits per heavy atom. The van der Waals surface area contributed by atoms with E-state index in [0.717, 1.165) is 41.5 Å². The molecule has 0 unspecified atom stereocenters. The highest BCUT2D eigenvalue weighted by Crippen LogP contribution is 2.33. The van der Waals surface area contributed by atoms with Gasteiger partial charge in [0.2, 0.25) is 0 Å². The molecule has 0 aromatic heterocycles. The Bertz CT molecular complexity index is 1360. The molecule has 1 aliphatic heterocycles. The molecule has 0 aliphatic carbocycles. The van der Waals surface area contributed by atoms with E-state index in [1.54, 1.807) is 18.2 Å². The lowest BCUT2D eigenvalue weighted by molar-refractivity contribution is 0.102. The van der Waals surface area contributed by atoms with E-state index < -0.39 is 17.6 Å². The van der Waals surface area contributed by atoms with Gasteiger partial charge in [-0.3, -0.25) is 15.0 Å².